The molecule has 2 aromatic rings. The first-order chi connectivity index (χ1) is 27.9. The molecule has 5 N–H and O–H groups in total. The number of rotatable bonds is 19. The van der Waals surface area contributed by atoms with E-state index in [4.69, 9.17) is 5.73 Å². The van der Waals surface area contributed by atoms with Gasteiger partial charge in [0.05, 0.1) is 0 Å². The maximum Gasteiger partial charge on any atom is 0.225 e. The fourth-order valence-electron chi connectivity index (χ4n) is 8.61. The van der Waals surface area contributed by atoms with Crippen LogP contribution in [0.5, 0.6) is 0 Å². The lowest BCUT2D eigenvalue weighted by Crippen LogP contribution is -2.51. The van der Waals surface area contributed by atoms with Crippen molar-refractivity contribution in [1.29, 1.82) is 0 Å². The van der Waals surface area contributed by atoms with Crippen LogP contribution in [0.15, 0.2) is 48.5 Å². The number of carbonyl (C=O) groups excluding carboxylic acids is 2. The van der Waals surface area contributed by atoms with Gasteiger partial charge in [-0.1, -0.05) is 79.7 Å². The van der Waals surface area contributed by atoms with E-state index >= 15 is 0 Å². The Morgan fingerprint density at radius 3 is 1.46 bits per heavy atom. The predicted molar refractivity (Wildman–Crippen MR) is 241 cm³/mol. The molecule has 10 heteroatoms. The standard InChI is InChI=1S/C25H42FN3O.C24H40FN3O/c1-6-15-29(16-7-8-19-9-11-21(26)12-10-19)18-20-17-22(13-14-23(20)27-5)28-24(30)25(2,3)4;1-5-14-28(15-6-7-18-8-10-20(25)11-9-18)17-19-16-21(12-13-22(19)26)27-23(29)24(2,3)4/h9-12,20,22-23,27H,6-8,13-18H2,1-5H3,(H,28,30);8-11,19,21-22H,5-7,12-17,26H2,1-4H3,(H,27,29)/t20-,22+,23+;19-,21+,22+/m00/s1. The minimum absolute atomic E-state index is 0.126. The first kappa shape index (κ1) is 50.4. The lowest BCUT2D eigenvalue weighted by atomic mass is 9.80. The molecule has 8 nitrogen and oxygen atoms in total. The molecule has 0 aliphatic heterocycles. The van der Waals surface area contributed by atoms with Crippen LogP contribution < -0.4 is 21.7 Å². The SMILES string of the molecule is CCCN(CCCc1ccc(F)cc1)C[C@@H]1C[C@H](NC(=O)C(C)(C)C)CC[C@H]1N.CCCN(CCCc1ccc(F)cc1)C[C@@H]1C[C@H](NC(=O)C(C)(C)C)CC[C@H]1NC. The van der Waals surface area contributed by atoms with E-state index < -0.39 is 0 Å². The van der Waals surface area contributed by atoms with Crippen molar-refractivity contribution in [2.75, 3.05) is 46.3 Å². The van der Waals surface area contributed by atoms with Crippen LogP contribution in [0, 0.1) is 34.3 Å². The van der Waals surface area contributed by atoms with Gasteiger partial charge in [-0.05, 0) is 158 Å². The van der Waals surface area contributed by atoms with Crippen molar-refractivity contribution in [3.63, 3.8) is 0 Å². The van der Waals surface area contributed by atoms with Gasteiger partial charge in [0.1, 0.15) is 11.6 Å². The van der Waals surface area contributed by atoms with Crippen LogP contribution in [0.25, 0.3) is 0 Å². The highest BCUT2D eigenvalue weighted by molar-refractivity contribution is 5.82. The Hall–Kier alpha value is -2.92. The Labute approximate surface area is 357 Å². The Morgan fingerprint density at radius 2 is 1.05 bits per heavy atom. The van der Waals surface area contributed by atoms with E-state index in [0.717, 1.165) is 116 Å². The first-order valence-corrected chi connectivity index (χ1v) is 22.9. The van der Waals surface area contributed by atoms with Crippen molar-refractivity contribution in [2.45, 2.75) is 157 Å². The van der Waals surface area contributed by atoms with Gasteiger partial charge in [0.2, 0.25) is 11.8 Å². The van der Waals surface area contributed by atoms with Crippen LogP contribution in [0.2, 0.25) is 0 Å². The molecule has 4 rings (SSSR count). The summed E-state index contributed by atoms with van der Waals surface area (Å²) >= 11 is 0. The highest BCUT2D eigenvalue weighted by atomic mass is 19.1. The molecule has 0 bridgehead atoms. The molecule has 0 saturated heterocycles. The molecule has 2 aliphatic rings. The van der Waals surface area contributed by atoms with Gasteiger partial charge in [-0.2, -0.15) is 0 Å². The fraction of sp³-hybridized carbons (Fsp3) is 0.714. The number of hydrogen-bond donors (Lipinski definition) is 4. The maximum atomic E-state index is 13.1. The highest BCUT2D eigenvalue weighted by Gasteiger charge is 2.34. The van der Waals surface area contributed by atoms with Gasteiger partial charge in [-0.25, -0.2) is 8.78 Å². The fourth-order valence-corrected chi connectivity index (χ4v) is 8.61. The largest absolute Gasteiger partial charge is 0.353 e. The summed E-state index contributed by atoms with van der Waals surface area (Å²) < 4.78 is 26.2. The molecule has 2 aliphatic carbocycles. The van der Waals surface area contributed by atoms with Gasteiger partial charge < -0.3 is 31.5 Å². The maximum absolute atomic E-state index is 13.1. The number of nitrogens with one attached hydrogen (secondary N) is 3. The third kappa shape index (κ3) is 18.7. The zero-order chi connectivity index (χ0) is 43.6. The number of halogens is 2. The zero-order valence-electron chi connectivity index (χ0n) is 38.4. The van der Waals surface area contributed by atoms with Crippen LogP contribution in [-0.4, -0.2) is 92.1 Å². The van der Waals surface area contributed by atoms with Gasteiger partial charge >= 0.3 is 0 Å². The summed E-state index contributed by atoms with van der Waals surface area (Å²) in [5, 5.41) is 10.1. The van der Waals surface area contributed by atoms with Crippen LogP contribution in [0.1, 0.15) is 131 Å². The third-order valence-corrected chi connectivity index (χ3v) is 12.2. The minimum atomic E-state index is -0.357. The monoisotopic (exact) mass is 825 g/mol. The summed E-state index contributed by atoms with van der Waals surface area (Å²) in [5.74, 6) is 0.869. The lowest BCUT2D eigenvalue weighted by molar-refractivity contribution is -0.130. The number of nitrogens with zero attached hydrogens (tertiary/aromatic N) is 2. The molecule has 2 fully saturated rings. The van der Waals surface area contributed by atoms with Crippen molar-refractivity contribution in [1.82, 2.24) is 25.8 Å². The van der Waals surface area contributed by atoms with Crippen molar-refractivity contribution >= 4 is 11.8 Å². The predicted octanol–water partition coefficient (Wildman–Crippen LogP) is 8.52. The summed E-state index contributed by atoms with van der Waals surface area (Å²) in [4.78, 5) is 29.9. The number of amides is 2. The molecule has 0 spiro atoms. The van der Waals surface area contributed by atoms with Gasteiger partial charge in [0.25, 0.3) is 0 Å². The molecule has 0 heterocycles. The van der Waals surface area contributed by atoms with Crippen LogP contribution >= 0.6 is 0 Å². The number of carbonyl (C=O) groups is 2. The topological polar surface area (TPSA) is 103 Å². The van der Waals surface area contributed by atoms with Gasteiger partial charge in [-0.15, -0.1) is 0 Å². The van der Waals surface area contributed by atoms with Crippen LogP contribution in [0.4, 0.5) is 8.78 Å². The smallest absolute Gasteiger partial charge is 0.225 e. The summed E-state index contributed by atoms with van der Waals surface area (Å²) in [6.45, 7) is 22.5. The second-order valence-corrected chi connectivity index (χ2v) is 19.6. The van der Waals surface area contributed by atoms with E-state index in [-0.39, 0.29) is 52.4 Å². The first-order valence-electron chi connectivity index (χ1n) is 22.9. The second kappa shape index (κ2) is 25.1. The highest BCUT2D eigenvalue weighted by Crippen LogP contribution is 2.28. The summed E-state index contributed by atoms with van der Waals surface area (Å²) in [7, 11) is 2.06. The molecule has 0 aromatic heterocycles. The van der Waals surface area contributed by atoms with E-state index in [1.165, 1.54) is 23.3 Å². The second-order valence-electron chi connectivity index (χ2n) is 19.6. The molecule has 2 amide bonds. The van der Waals surface area contributed by atoms with E-state index in [1.54, 1.807) is 12.1 Å². The number of nitrogens with two attached hydrogens (primary N) is 1. The Morgan fingerprint density at radius 1 is 0.644 bits per heavy atom. The van der Waals surface area contributed by atoms with Crippen molar-refractivity contribution < 1.29 is 18.4 Å². The normalized spacial score (nSPS) is 22.5. The van der Waals surface area contributed by atoms with E-state index in [1.807, 2.05) is 65.8 Å². The average molecular weight is 825 g/mol. The van der Waals surface area contributed by atoms with Crippen LogP contribution in [-0.2, 0) is 22.4 Å². The molecule has 2 saturated carbocycles. The quantitative estimate of drug-likeness (QED) is 0.113. The van der Waals surface area contributed by atoms with E-state index in [2.05, 4.69) is 46.6 Å². The minimum Gasteiger partial charge on any atom is -0.353 e. The van der Waals surface area contributed by atoms with Crippen molar-refractivity contribution in [3.05, 3.63) is 71.3 Å². The summed E-state index contributed by atoms with van der Waals surface area (Å²) in [6, 6.07) is 14.9. The van der Waals surface area contributed by atoms with Crippen molar-refractivity contribution in [2.24, 2.45) is 28.4 Å². The molecule has 0 unspecified atom stereocenters. The van der Waals surface area contributed by atoms with E-state index in [0.29, 0.717) is 17.9 Å². The third-order valence-electron chi connectivity index (χ3n) is 12.2. The number of hydrogen-bond acceptors (Lipinski definition) is 6. The Bertz CT molecular complexity index is 1490. The van der Waals surface area contributed by atoms with Crippen molar-refractivity contribution in [3.8, 4) is 0 Å². The molecule has 0 radical (unpaired) electrons. The molecule has 59 heavy (non-hydrogen) atoms. The zero-order valence-corrected chi connectivity index (χ0v) is 38.4. The van der Waals surface area contributed by atoms with Gasteiger partial charge in [0, 0.05) is 48.1 Å². The molecule has 334 valence electrons. The lowest BCUT2D eigenvalue weighted by Gasteiger charge is -2.39. The van der Waals surface area contributed by atoms with Gasteiger partial charge in [0.15, 0.2) is 0 Å². The van der Waals surface area contributed by atoms with E-state index in [9.17, 15) is 18.4 Å². The number of benzene rings is 2. The molecule has 6 atom stereocenters. The van der Waals surface area contributed by atoms with Crippen LogP contribution in [0.3, 0.4) is 0 Å². The molecular weight excluding hydrogens is 743 g/mol. The Kier molecular flexibility index (Phi) is 21.5. The summed E-state index contributed by atoms with van der Waals surface area (Å²) in [5.41, 5.74) is 8.14. The molecular formula is C49H82F2N6O2. The average Bonchev–Trinajstić information content (AvgIpc) is 3.17. The number of aryl methyl sites for hydroxylation is 2. The molecule has 2 aromatic carbocycles. The Balaban J connectivity index is 0.000000316. The van der Waals surface area contributed by atoms with Gasteiger partial charge in [-0.3, -0.25) is 9.59 Å². The summed E-state index contributed by atoms with van der Waals surface area (Å²) in [6.07, 6.45) is 12.4.